The van der Waals surface area contributed by atoms with Crippen LogP contribution in [-0.4, -0.2) is 25.2 Å². The van der Waals surface area contributed by atoms with E-state index < -0.39 is 11.9 Å². The van der Waals surface area contributed by atoms with Gasteiger partial charge in [0.25, 0.3) is 0 Å². The molecule has 5 heteroatoms. The number of aryl methyl sites for hydroxylation is 1. The van der Waals surface area contributed by atoms with Crippen molar-refractivity contribution in [2.45, 2.75) is 32.6 Å². The summed E-state index contributed by atoms with van der Waals surface area (Å²) in [5, 5.41) is 1.69. The van der Waals surface area contributed by atoms with Gasteiger partial charge in [-0.25, -0.2) is 9.59 Å². The van der Waals surface area contributed by atoms with Crippen LogP contribution in [0.5, 0.6) is 0 Å². The van der Waals surface area contributed by atoms with Crippen molar-refractivity contribution in [3.05, 3.63) is 21.4 Å². The quantitative estimate of drug-likeness (QED) is 0.756. The highest BCUT2D eigenvalue weighted by molar-refractivity contribution is 7.10. The number of ether oxygens (including phenoxy) is 2. The summed E-state index contributed by atoms with van der Waals surface area (Å²) >= 11 is 1.39. The van der Waals surface area contributed by atoms with Gasteiger partial charge in [-0.1, -0.05) is 0 Å². The summed E-state index contributed by atoms with van der Waals surface area (Å²) < 4.78 is 10.5. The van der Waals surface area contributed by atoms with E-state index in [4.69, 9.17) is 9.47 Å². The summed E-state index contributed by atoms with van der Waals surface area (Å²) in [5.41, 5.74) is 0.741. The van der Waals surface area contributed by atoms with E-state index in [0.717, 1.165) is 30.6 Å². The molecule has 2 aliphatic carbocycles. The molecule has 0 aromatic carbocycles. The second-order valence-electron chi connectivity index (χ2n) is 5.66. The Labute approximate surface area is 122 Å². The van der Waals surface area contributed by atoms with E-state index in [-0.39, 0.29) is 0 Å². The Hall–Kier alpha value is -1.36. The van der Waals surface area contributed by atoms with Crippen LogP contribution in [0, 0.1) is 18.8 Å². The molecule has 0 spiro atoms. The van der Waals surface area contributed by atoms with Crippen LogP contribution in [0.15, 0.2) is 5.38 Å². The van der Waals surface area contributed by atoms with Crippen LogP contribution in [0.25, 0.3) is 0 Å². The van der Waals surface area contributed by atoms with Crippen molar-refractivity contribution in [3.63, 3.8) is 0 Å². The van der Waals surface area contributed by atoms with E-state index in [0.29, 0.717) is 36.2 Å². The fourth-order valence-electron chi connectivity index (χ4n) is 1.96. The van der Waals surface area contributed by atoms with Crippen molar-refractivity contribution < 1.29 is 19.1 Å². The number of rotatable bonds is 6. The van der Waals surface area contributed by atoms with Gasteiger partial charge < -0.3 is 9.47 Å². The molecule has 1 aromatic rings. The topological polar surface area (TPSA) is 52.6 Å². The van der Waals surface area contributed by atoms with Gasteiger partial charge in [-0.05, 0) is 44.4 Å². The fraction of sp³-hybridized carbons (Fsp3) is 0.600. The molecule has 0 bridgehead atoms. The zero-order chi connectivity index (χ0) is 14.1. The highest BCUT2D eigenvalue weighted by Crippen LogP contribution is 2.31. The van der Waals surface area contributed by atoms with Crippen LogP contribution >= 0.6 is 11.3 Å². The number of esters is 2. The lowest BCUT2D eigenvalue weighted by atomic mass is 10.1. The largest absolute Gasteiger partial charge is 0.462 e. The third kappa shape index (κ3) is 3.20. The number of hydrogen-bond donors (Lipinski definition) is 0. The first-order chi connectivity index (χ1) is 9.65. The molecule has 20 heavy (non-hydrogen) atoms. The van der Waals surface area contributed by atoms with Crippen LogP contribution < -0.4 is 0 Å². The molecular weight excluding hydrogens is 276 g/mol. The Morgan fingerprint density at radius 3 is 2.20 bits per heavy atom. The SMILES string of the molecule is Cc1scc(C(=O)OCC2CC2)c1C(=O)OCC1CC1. The van der Waals surface area contributed by atoms with Gasteiger partial charge >= 0.3 is 11.9 Å². The van der Waals surface area contributed by atoms with Crippen LogP contribution in [0.2, 0.25) is 0 Å². The molecule has 0 saturated heterocycles. The van der Waals surface area contributed by atoms with Gasteiger partial charge in [-0.3, -0.25) is 0 Å². The standard InChI is InChI=1S/C15H18O4S/c1-9-13(15(17)19-7-11-4-5-11)12(8-20-9)14(16)18-6-10-2-3-10/h8,10-11H,2-7H2,1H3. The Morgan fingerprint density at radius 1 is 1.10 bits per heavy atom. The van der Waals surface area contributed by atoms with E-state index in [9.17, 15) is 9.59 Å². The van der Waals surface area contributed by atoms with Crippen molar-refractivity contribution >= 4 is 23.3 Å². The molecule has 0 radical (unpaired) electrons. The van der Waals surface area contributed by atoms with Gasteiger partial charge in [0.1, 0.15) is 0 Å². The first-order valence-electron chi connectivity index (χ1n) is 7.07. The second kappa shape index (κ2) is 5.56. The average Bonchev–Trinajstić information content (AvgIpc) is 3.33. The molecule has 2 aliphatic rings. The monoisotopic (exact) mass is 294 g/mol. The second-order valence-corrected chi connectivity index (χ2v) is 6.75. The predicted molar refractivity (Wildman–Crippen MR) is 75.1 cm³/mol. The van der Waals surface area contributed by atoms with Crippen molar-refractivity contribution in [2.75, 3.05) is 13.2 Å². The first-order valence-corrected chi connectivity index (χ1v) is 7.95. The van der Waals surface area contributed by atoms with Crippen LogP contribution in [0.3, 0.4) is 0 Å². The Morgan fingerprint density at radius 2 is 1.65 bits per heavy atom. The summed E-state index contributed by atoms with van der Waals surface area (Å²) in [5.74, 6) is 0.237. The minimum absolute atomic E-state index is 0.356. The maximum atomic E-state index is 12.1. The lowest BCUT2D eigenvalue weighted by Gasteiger charge is -2.07. The highest BCUT2D eigenvalue weighted by Gasteiger charge is 2.29. The van der Waals surface area contributed by atoms with Gasteiger partial charge in [0, 0.05) is 10.3 Å². The number of carbonyl (C=O) groups is 2. The minimum Gasteiger partial charge on any atom is -0.462 e. The predicted octanol–water partition coefficient (Wildman–Crippen LogP) is 3.19. The average molecular weight is 294 g/mol. The number of thiophene rings is 1. The highest BCUT2D eigenvalue weighted by atomic mass is 32.1. The lowest BCUT2D eigenvalue weighted by Crippen LogP contribution is -2.15. The van der Waals surface area contributed by atoms with Crippen molar-refractivity contribution in [3.8, 4) is 0 Å². The van der Waals surface area contributed by atoms with Crippen molar-refractivity contribution in [1.82, 2.24) is 0 Å². The summed E-state index contributed by atoms with van der Waals surface area (Å²) in [6, 6.07) is 0. The van der Waals surface area contributed by atoms with E-state index in [2.05, 4.69) is 0 Å². The summed E-state index contributed by atoms with van der Waals surface area (Å²) in [6.07, 6.45) is 4.52. The number of hydrogen-bond acceptors (Lipinski definition) is 5. The molecule has 1 heterocycles. The molecule has 0 unspecified atom stereocenters. The molecule has 0 amide bonds. The Bertz CT molecular complexity index is 526. The molecule has 0 atom stereocenters. The molecule has 2 saturated carbocycles. The van der Waals surface area contributed by atoms with E-state index >= 15 is 0 Å². The summed E-state index contributed by atoms with van der Waals surface area (Å²) in [7, 11) is 0. The van der Waals surface area contributed by atoms with Crippen LogP contribution in [-0.2, 0) is 9.47 Å². The molecular formula is C15H18O4S. The zero-order valence-corrected chi connectivity index (χ0v) is 12.3. The van der Waals surface area contributed by atoms with E-state index in [1.165, 1.54) is 11.3 Å². The third-order valence-electron chi connectivity index (χ3n) is 3.69. The molecule has 0 aliphatic heterocycles. The normalized spacial score (nSPS) is 17.9. The molecule has 4 nitrogen and oxygen atoms in total. The molecule has 3 rings (SSSR count). The van der Waals surface area contributed by atoms with E-state index in [1.54, 1.807) is 5.38 Å². The summed E-state index contributed by atoms with van der Waals surface area (Å²) in [4.78, 5) is 25.0. The van der Waals surface area contributed by atoms with Gasteiger partial charge in [-0.2, -0.15) is 0 Å². The molecule has 2 fully saturated rings. The van der Waals surface area contributed by atoms with Crippen LogP contribution in [0.4, 0.5) is 0 Å². The fourth-order valence-corrected chi connectivity index (χ4v) is 2.78. The Balaban J connectivity index is 1.66. The van der Waals surface area contributed by atoms with Gasteiger partial charge in [0.05, 0.1) is 24.3 Å². The zero-order valence-electron chi connectivity index (χ0n) is 11.5. The number of carbonyl (C=O) groups excluding carboxylic acids is 2. The van der Waals surface area contributed by atoms with Crippen molar-refractivity contribution in [1.29, 1.82) is 0 Å². The lowest BCUT2D eigenvalue weighted by molar-refractivity contribution is 0.0440. The first kappa shape index (κ1) is 13.6. The maximum absolute atomic E-state index is 12.1. The maximum Gasteiger partial charge on any atom is 0.340 e. The minimum atomic E-state index is -0.403. The van der Waals surface area contributed by atoms with E-state index in [1.807, 2.05) is 6.92 Å². The smallest absolute Gasteiger partial charge is 0.340 e. The summed E-state index contributed by atoms with van der Waals surface area (Å²) in [6.45, 7) is 2.75. The van der Waals surface area contributed by atoms with Gasteiger partial charge in [0.2, 0.25) is 0 Å². The molecule has 108 valence electrons. The van der Waals surface area contributed by atoms with Gasteiger partial charge in [0.15, 0.2) is 0 Å². The van der Waals surface area contributed by atoms with Crippen LogP contribution in [0.1, 0.15) is 51.3 Å². The van der Waals surface area contributed by atoms with Gasteiger partial charge in [-0.15, -0.1) is 11.3 Å². The third-order valence-corrected chi connectivity index (χ3v) is 4.60. The molecule has 0 N–H and O–H groups in total. The Kier molecular flexibility index (Phi) is 3.78. The van der Waals surface area contributed by atoms with Crippen molar-refractivity contribution in [2.24, 2.45) is 11.8 Å². The molecule has 1 aromatic heterocycles.